The van der Waals surface area contributed by atoms with Gasteiger partial charge in [0.1, 0.15) is 11.6 Å². The van der Waals surface area contributed by atoms with Crippen LogP contribution in [0.15, 0.2) is 10.5 Å². The van der Waals surface area contributed by atoms with Gasteiger partial charge in [0.25, 0.3) is 0 Å². The monoisotopic (exact) mass is 316 g/mol. The number of rotatable bonds is 2. The Kier molecular flexibility index (Phi) is 3.94. The molecule has 1 fully saturated rings. The van der Waals surface area contributed by atoms with Gasteiger partial charge in [-0.1, -0.05) is 0 Å². The Morgan fingerprint density at radius 1 is 1.61 bits per heavy atom. The molecule has 1 aliphatic rings. The van der Waals surface area contributed by atoms with Crippen molar-refractivity contribution in [1.29, 1.82) is 0 Å². The van der Waals surface area contributed by atoms with Gasteiger partial charge in [-0.2, -0.15) is 0 Å². The second-order valence-electron chi connectivity index (χ2n) is 5.02. The van der Waals surface area contributed by atoms with Crippen LogP contribution in [0.3, 0.4) is 0 Å². The molecule has 2 rings (SSSR count). The summed E-state index contributed by atoms with van der Waals surface area (Å²) in [5.41, 5.74) is 6.90. The van der Waals surface area contributed by atoms with Gasteiger partial charge in [-0.25, -0.2) is 4.39 Å². The highest BCUT2D eigenvalue weighted by molar-refractivity contribution is 9.10. The molecule has 1 saturated heterocycles. The second kappa shape index (κ2) is 5.15. The molecule has 0 bridgehead atoms. The third-order valence-corrected chi connectivity index (χ3v) is 4.40. The van der Waals surface area contributed by atoms with Crippen LogP contribution in [0, 0.1) is 18.7 Å². The molecule has 18 heavy (non-hydrogen) atoms. The highest BCUT2D eigenvalue weighted by Crippen LogP contribution is 2.43. The van der Waals surface area contributed by atoms with Crippen molar-refractivity contribution in [1.82, 2.24) is 4.90 Å². The van der Waals surface area contributed by atoms with Crippen molar-refractivity contribution in [3.63, 3.8) is 0 Å². The van der Waals surface area contributed by atoms with Gasteiger partial charge < -0.3 is 10.8 Å². The molecule has 1 aromatic rings. The molecule has 1 aromatic carbocycles. The minimum absolute atomic E-state index is 0.0329. The normalized spacial score (nSPS) is 24.7. The number of likely N-dealkylation sites (tertiary alicyclic amines) is 1. The lowest BCUT2D eigenvalue weighted by Gasteiger charge is -2.23. The fraction of sp³-hybridized carbons (Fsp3) is 0.538. The standard InChI is InChI=1S/C13H18BrFN2O/c1-7-10(15)4-9(14)13(18)12(7)11-3-8(5-16)6-17(11)2/h4,8,11,18H,3,5-6,16H2,1-2H3. The quantitative estimate of drug-likeness (QED) is 0.881. The summed E-state index contributed by atoms with van der Waals surface area (Å²) in [7, 11) is 1.98. The van der Waals surface area contributed by atoms with E-state index >= 15 is 0 Å². The average molecular weight is 317 g/mol. The number of nitrogens with zero attached hydrogens (tertiary/aromatic N) is 1. The highest BCUT2D eigenvalue weighted by Gasteiger charge is 2.33. The van der Waals surface area contributed by atoms with Crippen molar-refractivity contribution in [2.24, 2.45) is 11.7 Å². The van der Waals surface area contributed by atoms with Gasteiger partial charge in [0.05, 0.1) is 4.47 Å². The summed E-state index contributed by atoms with van der Waals surface area (Å²) >= 11 is 3.20. The fourth-order valence-corrected chi connectivity index (χ4v) is 3.16. The van der Waals surface area contributed by atoms with Gasteiger partial charge >= 0.3 is 0 Å². The van der Waals surface area contributed by atoms with Gasteiger partial charge in [0.15, 0.2) is 0 Å². The van der Waals surface area contributed by atoms with E-state index < -0.39 is 0 Å². The lowest BCUT2D eigenvalue weighted by Crippen LogP contribution is -2.21. The van der Waals surface area contributed by atoms with Crippen molar-refractivity contribution >= 4 is 15.9 Å². The number of aromatic hydroxyl groups is 1. The third kappa shape index (κ3) is 2.27. The van der Waals surface area contributed by atoms with Crippen LogP contribution in [-0.4, -0.2) is 30.1 Å². The topological polar surface area (TPSA) is 49.5 Å². The Balaban J connectivity index is 2.45. The molecule has 5 heteroatoms. The number of halogens is 2. The predicted molar refractivity (Wildman–Crippen MR) is 73.0 cm³/mol. The van der Waals surface area contributed by atoms with E-state index in [0.717, 1.165) is 13.0 Å². The first kappa shape index (κ1) is 13.8. The molecule has 0 aromatic heterocycles. The number of nitrogens with two attached hydrogens (primary N) is 1. The van der Waals surface area contributed by atoms with Crippen LogP contribution >= 0.6 is 15.9 Å². The van der Waals surface area contributed by atoms with Crippen molar-refractivity contribution in [2.45, 2.75) is 19.4 Å². The zero-order valence-corrected chi connectivity index (χ0v) is 12.2. The van der Waals surface area contributed by atoms with Gasteiger partial charge in [-0.05, 0) is 60.4 Å². The molecular weight excluding hydrogens is 299 g/mol. The summed E-state index contributed by atoms with van der Waals surface area (Å²) < 4.78 is 14.2. The lowest BCUT2D eigenvalue weighted by atomic mass is 9.95. The Labute approximate surface area is 115 Å². The lowest BCUT2D eigenvalue weighted by molar-refractivity contribution is 0.303. The molecule has 100 valence electrons. The Bertz CT molecular complexity index is 441. The first-order valence-corrected chi connectivity index (χ1v) is 6.82. The van der Waals surface area contributed by atoms with E-state index in [1.807, 2.05) is 7.05 Å². The summed E-state index contributed by atoms with van der Waals surface area (Å²) in [5.74, 6) is 0.253. The molecule has 0 aliphatic carbocycles. The zero-order valence-electron chi connectivity index (χ0n) is 10.6. The van der Waals surface area contributed by atoms with E-state index in [4.69, 9.17) is 5.73 Å². The largest absolute Gasteiger partial charge is 0.506 e. The maximum atomic E-state index is 13.8. The van der Waals surface area contributed by atoms with Crippen LogP contribution in [0.1, 0.15) is 23.6 Å². The summed E-state index contributed by atoms with van der Waals surface area (Å²) in [6, 6.07) is 1.34. The average Bonchev–Trinajstić information content (AvgIpc) is 2.69. The van der Waals surface area contributed by atoms with Gasteiger partial charge in [0, 0.05) is 18.2 Å². The maximum absolute atomic E-state index is 13.8. The molecule has 2 unspecified atom stereocenters. The minimum atomic E-state index is -0.292. The number of hydrogen-bond donors (Lipinski definition) is 2. The van der Waals surface area contributed by atoms with Crippen LogP contribution in [0.2, 0.25) is 0 Å². The molecule has 0 amide bonds. The van der Waals surface area contributed by atoms with Crippen LogP contribution < -0.4 is 5.73 Å². The molecule has 0 spiro atoms. The molecule has 3 nitrogen and oxygen atoms in total. The van der Waals surface area contributed by atoms with Gasteiger partial charge in [-0.15, -0.1) is 0 Å². The van der Waals surface area contributed by atoms with Crippen LogP contribution in [0.5, 0.6) is 5.75 Å². The number of benzene rings is 1. The molecule has 1 heterocycles. The Morgan fingerprint density at radius 3 is 2.83 bits per heavy atom. The van der Waals surface area contributed by atoms with E-state index in [2.05, 4.69) is 20.8 Å². The van der Waals surface area contributed by atoms with Crippen molar-refractivity contribution in [3.8, 4) is 5.75 Å². The third-order valence-electron chi connectivity index (χ3n) is 3.80. The van der Waals surface area contributed by atoms with E-state index in [0.29, 0.717) is 28.1 Å². The van der Waals surface area contributed by atoms with E-state index in [9.17, 15) is 9.50 Å². The summed E-state index contributed by atoms with van der Waals surface area (Å²) in [6.07, 6.45) is 0.858. The van der Waals surface area contributed by atoms with Crippen LogP contribution in [-0.2, 0) is 0 Å². The Morgan fingerprint density at radius 2 is 2.28 bits per heavy atom. The summed E-state index contributed by atoms with van der Waals surface area (Å²) in [5, 5.41) is 10.2. The van der Waals surface area contributed by atoms with Crippen molar-refractivity contribution < 1.29 is 9.50 Å². The van der Waals surface area contributed by atoms with Gasteiger partial charge in [-0.3, -0.25) is 4.90 Å². The first-order chi connectivity index (χ1) is 8.45. The molecule has 1 aliphatic heterocycles. The summed E-state index contributed by atoms with van der Waals surface area (Å²) in [6.45, 7) is 3.21. The van der Waals surface area contributed by atoms with Crippen molar-refractivity contribution in [2.75, 3.05) is 20.1 Å². The zero-order chi connectivity index (χ0) is 13.4. The number of hydrogen-bond acceptors (Lipinski definition) is 3. The summed E-state index contributed by atoms with van der Waals surface area (Å²) in [4.78, 5) is 2.13. The predicted octanol–water partition coefficient (Wildman–Crippen LogP) is 2.55. The van der Waals surface area contributed by atoms with E-state index in [1.165, 1.54) is 6.07 Å². The maximum Gasteiger partial charge on any atom is 0.135 e. The first-order valence-electron chi connectivity index (χ1n) is 6.03. The van der Waals surface area contributed by atoms with E-state index in [1.54, 1.807) is 6.92 Å². The number of phenolic OH excluding ortho intramolecular Hbond substituents is 1. The Hall–Kier alpha value is -0.650. The molecule has 3 N–H and O–H groups in total. The van der Waals surface area contributed by atoms with Crippen molar-refractivity contribution in [3.05, 3.63) is 27.5 Å². The molecule has 0 saturated carbocycles. The molecule has 2 atom stereocenters. The molecular formula is C13H18BrFN2O. The SMILES string of the molecule is Cc1c(F)cc(Br)c(O)c1C1CC(CN)CN1C. The molecule has 0 radical (unpaired) electrons. The highest BCUT2D eigenvalue weighted by atomic mass is 79.9. The van der Waals surface area contributed by atoms with Gasteiger partial charge in [0.2, 0.25) is 0 Å². The second-order valence-corrected chi connectivity index (χ2v) is 5.87. The van der Waals surface area contributed by atoms with Crippen LogP contribution in [0.4, 0.5) is 4.39 Å². The minimum Gasteiger partial charge on any atom is -0.506 e. The van der Waals surface area contributed by atoms with Crippen LogP contribution in [0.25, 0.3) is 0 Å². The van der Waals surface area contributed by atoms with E-state index in [-0.39, 0.29) is 17.6 Å². The number of phenols is 1. The fourth-order valence-electron chi connectivity index (χ4n) is 2.74. The smallest absolute Gasteiger partial charge is 0.135 e.